The third-order valence-electron chi connectivity index (χ3n) is 3.53. The minimum atomic E-state index is -0.348. The van der Waals surface area contributed by atoms with Crippen molar-refractivity contribution in [2.45, 2.75) is 0 Å². The van der Waals surface area contributed by atoms with Gasteiger partial charge in [0.2, 0.25) is 5.01 Å². The van der Waals surface area contributed by atoms with Crippen LogP contribution in [0.5, 0.6) is 0 Å². The summed E-state index contributed by atoms with van der Waals surface area (Å²) in [5.74, 6) is -0.348. The molecule has 0 aliphatic rings. The molecule has 1 aromatic carbocycles. The van der Waals surface area contributed by atoms with Crippen LogP contribution >= 0.6 is 11.3 Å². The highest BCUT2D eigenvalue weighted by Crippen LogP contribution is 2.25. The van der Waals surface area contributed by atoms with E-state index in [1.54, 1.807) is 30.0 Å². The maximum atomic E-state index is 13.5. The third-order valence-corrected chi connectivity index (χ3v) is 4.42. The van der Waals surface area contributed by atoms with Crippen LogP contribution in [0.1, 0.15) is 5.69 Å². The second-order valence-corrected chi connectivity index (χ2v) is 5.85. The topological polar surface area (TPSA) is 49.9 Å². The zero-order chi connectivity index (χ0) is 15.8. The van der Waals surface area contributed by atoms with Gasteiger partial charge < -0.3 is 14.7 Å². The maximum absolute atomic E-state index is 13.5. The molecule has 0 saturated carbocycles. The molecule has 0 amide bonds. The van der Waals surface area contributed by atoms with E-state index >= 15 is 0 Å². The molecule has 4 rings (SSSR count). The number of fused-ring (bicyclic) bond motifs is 1. The van der Waals surface area contributed by atoms with Crippen molar-refractivity contribution in [3.8, 4) is 10.6 Å². The minimum absolute atomic E-state index is 0.0306. The fraction of sp³-hybridized carbons (Fsp3) is 0. The lowest BCUT2D eigenvalue weighted by molar-refractivity contribution is -0.652. The lowest BCUT2D eigenvalue weighted by Crippen LogP contribution is -2.39. The van der Waals surface area contributed by atoms with Crippen LogP contribution in [0.3, 0.4) is 0 Å². The number of halogens is 1. The zero-order valence-corrected chi connectivity index (χ0v) is 12.7. The van der Waals surface area contributed by atoms with E-state index in [2.05, 4.69) is 9.97 Å². The van der Waals surface area contributed by atoms with Crippen molar-refractivity contribution in [2.75, 3.05) is 0 Å². The molecule has 0 atom stereocenters. The summed E-state index contributed by atoms with van der Waals surface area (Å²) in [7, 11) is 0. The van der Waals surface area contributed by atoms with E-state index in [1.165, 1.54) is 28.0 Å². The van der Waals surface area contributed by atoms with Crippen molar-refractivity contribution in [3.05, 3.63) is 78.1 Å². The summed E-state index contributed by atoms with van der Waals surface area (Å²) < 4.78 is 15.0. The molecule has 4 nitrogen and oxygen atoms in total. The summed E-state index contributed by atoms with van der Waals surface area (Å²) in [6.07, 6.45) is 5.09. The van der Waals surface area contributed by atoms with Gasteiger partial charge in [-0.25, -0.2) is 4.39 Å². The number of aromatic nitrogens is 3. The molecule has 114 valence electrons. The first kappa shape index (κ1) is 13.9. The van der Waals surface area contributed by atoms with Gasteiger partial charge in [-0.15, -0.1) is 6.07 Å². The Bertz CT molecular complexity index is 964. The molecule has 0 aliphatic heterocycles. The Morgan fingerprint density at radius 2 is 2.17 bits per heavy atom. The first-order valence-electron chi connectivity index (χ1n) is 6.91. The molecule has 0 radical (unpaired) electrons. The van der Waals surface area contributed by atoms with E-state index in [4.69, 9.17) is 0 Å². The molecule has 0 fully saturated rings. The molecule has 23 heavy (non-hydrogen) atoms. The van der Waals surface area contributed by atoms with E-state index in [-0.39, 0.29) is 12.0 Å². The predicted octanol–water partition coefficient (Wildman–Crippen LogP) is 3.26. The van der Waals surface area contributed by atoms with Gasteiger partial charge in [0, 0.05) is 18.1 Å². The summed E-state index contributed by atoms with van der Waals surface area (Å²) in [4.78, 5) is 8.51. The SMILES string of the molecule is O[C-](c1c[s+][c-](-c2cccnc2)n1)[n+]1ccc2ccc(F)c[c-]21. The summed E-state index contributed by atoms with van der Waals surface area (Å²) in [6.45, 7) is 0. The number of aliphatic hydroxyl groups is 1. The molecule has 0 unspecified atom stereocenters. The van der Waals surface area contributed by atoms with Crippen molar-refractivity contribution in [1.82, 2.24) is 9.97 Å². The number of aliphatic hydroxyl groups excluding tert-OH is 1. The zero-order valence-electron chi connectivity index (χ0n) is 11.8. The van der Waals surface area contributed by atoms with Crippen molar-refractivity contribution < 1.29 is 14.1 Å². The van der Waals surface area contributed by atoms with Crippen molar-refractivity contribution in [3.63, 3.8) is 0 Å². The van der Waals surface area contributed by atoms with Crippen LogP contribution in [-0.4, -0.2) is 15.1 Å². The number of hydrogen-bond donors (Lipinski definition) is 1. The number of hydrogen-bond acceptors (Lipinski definition) is 3. The fourth-order valence-electron chi connectivity index (χ4n) is 2.41. The highest BCUT2D eigenvalue weighted by molar-refractivity contribution is 7.13. The predicted molar refractivity (Wildman–Crippen MR) is 84.7 cm³/mol. The molecule has 0 saturated heterocycles. The molecule has 3 aromatic heterocycles. The van der Waals surface area contributed by atoms with E-state index in [9.17, 15) is 9.50 Å². The minimum Gasteiger partial charge on any atom is -0.404 e. The van der Waals surface area contributed by atoms with Crippen molar-refractivity contribution >= 4 is 22.2 Å². The molecule has 0 aliphatic carbocycles. The monoisotopic (exact) mass is 324 g/mol. The van der Waals surface area contributed by atoms with Gasteiger partial charge in [0.15, 0.2) is 11.3 Å². The van der Waals surface area contributed by atoms with Gasteiger partial charge in [-0.05, 0) is 23.9 Å². The first-order chi connectivity index (χ1) is 11.2. The lowest BCUT2D eigenvalue weighted by atomic mass is 10.2. The Labute approximate surface area is 135 Å². The molecular formula is C17H11FN3OS-. The molecule has 1 N–H and O–H groups in total. The van der Waals surface area contributed by atoms with Gasteiger partial charge in [0.1, 0.15) is 17.4 Å². The fourth-order valence-corrected chi connectivity index (χ4v) is 3.20. The second-order valence-electron chi connectivity index (χ2n) is 4.99. The van der Waals surface area contributed by atoms with E-state index in [0.29, 0.717) is 11.2 Å². The summed E-state index contributed by atoms with van der Waals surface area (Å²) in [5, 5.41) is 13.9. The summed E-state index contributed by atoms with van der Waals surface area (Å²) in [6, 6.07) is 10.0. The van der Waals surface area contributed by atoms with Crippen LogP contribution < -0.4 is 4.57 Å². The standard InChI is InChI=1S/C17H11FN3OS/c18-13-4-3-11-5-7-21(15(11)8-13)17(22)14-10-23-16(20-14)12-2-1-6-19-9-12/h1-10,22H/q-1. The van der Waals surface area contributed by atoms with Crippen LogP contribution in [-0.2, 0) is 0 Å². The number of rotatable bonds is 3. The van der Waals surface area contributed by atoms with Crippen LogP contribution in [0, 0.1) is 12.0 Å². The molecule has 0 spiro atoms. The van der Waals surface area contributed by atoms with Crippen molar-refractivity contribution in [1.29, 1.82) is 0 Å². The second kappa shape index (κ2) is 5.49. The van der Waals surface area contributed by atoms with Crippen LogP contribution in [0.15, 0.2) is 60.4 Å². The van der Waals surface area contributed by atoms with E-state index in [0.717, 1.165) is 16.0 Å². The van der Waals surface area contributed by atoms with Gasteiger partial charge >= 0.3 is 0 Å². The van der Waals surface area contributed by atoms with E-state index < -0.39 is 0 Å². The van der Waals surface area contributed by atoms with Crippen LogP contribution in [0.2, 0.25) is 0 Å². The third kappa shape index (κ3) is 2.48. The Morgan fingerprint density at radius 1 is 1.26 bits per heavy atom. The number of nitrogens with zero attached hydrogens (tertiary/aromatic N) is 3. The quantitative estimate of drug-likeness (QED) is 0.357. The Hall–Kier alpha value is -2.70. The highest BCUT2D eigenvalue weighted by Gasteiger charge is 2.16. The van der Waals surface area contributed by atoms with Gasteiger partial charge in [-0.2, -0.15) is 0 Å². The van der Waals surface area contributed by atoms with Crippen LogP contribution in [0.4, 0.5) is 4.39 Å². The van der Waals surface area contributed by atoms with Gasteiger partial charge in [-0.3, -0.25) is 4.98 Å². The van der Waals surface area contributed by atoms with Gasteiger partial charge in [-0.1, -0.05) is 23.6 Å². The summed E-state index contributed by atoms with van der Waals surface area (Å²) >= 11 is 1.42. The van der Waals surface area contributed by atoms with E-state index in [1.807, 2.05) is 18.2 Å². The maximum Gasteiger partial charge on any atom is 0.249 e. The molecule has 0 bridgehead atoms. The summed E-state index contributed by atoms with van der Waals surface area (Å²) in [5.41, 5.74) is 1.93. The van der Waals surface area contributed by atoms with Crippen LogP contribution in [0.25, 0.3) is 21.5 Å². The lowest BCUT2D eigenvalue weighted by Gasteiger charge is -2.15. The Balaban J connectivity index is 1.73. The number of benzene rings is 1. The molecular weight excluding hydrogens is 313 g/mol. The average molecular weight is 324 g/mol. The smallest absolute Gasteiger partial charge is 0.249 e. The Kier molecular flexibility index (Phi) is 3.33. The molecule has 6 heteroatoms. The highest BCUT2D eigenvalue weighted by atomic mass is 32.1. The first-order valence-corrected chi connectivity index (χ1v) is 7.79. The molecule has 3 heterocycles. The van der Waals surface area contributed by atoms with Crippen molar-refractivity contribution in [2.24, 2.45) is 0 Å². The number of pyridine rings is 1. The van der Waals surface area contributed by atoms with Gasteiger partial charge in [0.05, 0.1) is 5.52 Å². The molecule has 4 aromatic rings. The normalized spacial score (nSPS) is 11.0. The number of thiazole rings is 1. The largest absolute Gasteiger partial charge is 0.404 e. The Morgan fingerprint density at radius 3 is 3.00 bits per heavy atom. The average Bonchev–Trinajstić information content (AvgIpc) is 3.22. The van der Waals surface area contributed by atoms with Gasteiger partial charge in [0.25, 0.3) is 0 Å².